The first-order valence-corrected chi connectivity index (χ1v) is 9.30. The van der Waals surface area contributed by atoms with Crippen LogP contribution in [0.25, 0.3) is 0 Å². The second-order valence-corrected chi connectivity index (χ2v) is 7.67. The highest BCUT2D eigenvalue weighted by atomic mass is 32.2. The molecule has 0 aliphatic rings. The van der Waals surface area contributed by atoms with Gasteiger partial charge in [0, 0.05) is 6.54 Å². The Kier molecular flexibility index (Phi) is 5.93. The van der Waals surface area contributed by atoms with Crippen molar-refractivity contribution in [2.24, 2.45) is 0 Å². The van der Waals surface area contributed by atoms with Gasteiger partial charge in [-0.2, -0.15) is 0 Å². The number of hydrogen-bond donors (Lipinski definition) is 2. The van der Waals surface area contributed by atoms with E-state index in [9.17, 15) is 13.5 Å². The molecule has 2 unspecified atom stereocenters. The molecule has 2 N–H and O–H groups in total. The van der Waals surface area contributed by atoms with Gasteiger partial charge in [0.2, 0.25) is 10.0 Å². The Morgan fingerprint density at radius 2 is 1.65 bits per heavy atom. The zero-order valence-electron chi connectivity index (χ0n) is 13.4. The first-order valence-electron chi connectivity index (χ1n) is 7.65. The molecule has 0 radical (unpaired) electrons. The van der Waals surface area contributed by atoms with E-state index >= 15 is 0 Å². The molecule has 124 valence electrons. The van der Waals surface area contributed by atoms with E-state index in [0.717, 1.165) is 16.7 Å². The van der Waals surface area contributed by atoms with Crippen molar-refractivity contribution in [1.82, 2.24) is 4.72 Å². The van der Waals surface area contributed by atoms with Crippen LogP contribution in [0.4, 0.5) is 0 Å². The minimum Gasteiger partial charge on any atom is -0.387 e. The van der Waals surface area contributed by atoms with Gasteiger partial charge in [0.05, 0.1) is 11.9 Å². The van der Waals surface area contributed by atoms with E-state index in [2.05, 4.69) is 4.72 Å². The van der Waals surface area contributed by atoms with E-state index in [4.69, 9.17) is 0 Å². The lowest BCUT2D eigenvalue weighted by Gasteiger charge is -2.16. The molecule has 2 aromatic rings. The zero-order chi connectivity index (χ0) is 16.9. The van der Waals surface area contributed by atoms with Crippen LogP contribution in [0, 0.1) is 6.92 Å². The molecule has 2 aromatic carbocycles. The Bertz CT molecular complexity index is 729. The summed E-state index contributed by atoms with van der Waals surface area (Å²) in [5.41, 5.74) is 2.67. The van der Waals surface area contributed by atoms with E-state index in [1.54, 1.807) is 6.07 Å². The van der Waals surface area contributed by atoms with Crippen molar-refractivity contribution in [3.8, 4) is 0 Å². The number of aliphatic hydroxyl groups is 1. The zero-order valence-corrected chi connectivity index (χ0v) is 14.3. The minimum absolute atomic E-state index is 0.00248. The van der Waals surface area contributed by atoms with E-state index in [0.29, 0.717) is 0 Å². The monoisotopic (exact) mass is 333 g/mol. The molecule has 0 spiro atoms. The first kappa shape index (κ1) is 17.7. The third kappa shape index (κ3) is 5.16. The molecule has 0 amide bonds. The Labute approximate surface area is 138 Å². The van der Waals surface area contributed by atoms with Gasteiger partial charge in [0.25, 0.3) is 0 Å². The highest BCUT2D eigenvalue weighted by molar-refractivity contribution is 7.89. The molecule has 5 heteroatoms. The molecule has 0 heterocycles. The van der Waals surface area contributed by atoms with Crippen LogP contribution in [0.3, 0.4) is 0 Å². The summed E-state index contributed by atoms with van der Waals surface area (Å²) in [5.74, 6) is -0.110. The molecule has 2 atom stereocenters. The maximum atomic E-state index is 12.2. The predicted molar refractivity (Wildman–Crippen MR) is 92.8 cm³/mol. The van der Waals surface area contributed by atoms with Gasteiger partial charge in [0.15, 0.2) is 0 Å². The minimum atomic E-state index is -3.45. The number of aryl methyl sites for hydroxylation is 1. The van der Waals surface area contributed by atoms with Gasteiger partial charge in [-0.15, -0.1) is 0 Å². The first-order chi connectivity index (χ1) is 10.9. The van der Waals surface area contributed by atoms with Crippen molar-refractivity contribution in [1.29, 1.82) is 0 Å². The summed E-state index contributed by atoms with van der Waals surface area (Å²) < 4.78 is 26.9. The fourth-order valence-corrected chi connectivity index (χ4v) is 3.92. The summed E-state index contributed by atoms with van der Waals surface area (Å²) in [5, 5.41) is 10.2. The maximum absolute atomic E-state index is 12.2. The van der Waals surface area contributed by atoms with Crippen molar-refractivity contribution >= 4 is 10.0 Å². The summed E-state index contributed by atoms with van der Waals surface area (Å²) >= 11 is 0. The molecule has 0 aliphatic carbocycles. The lowest BCUT2D eigenvalue weighted by atomic mass is 10.0. The van der Waals surface area contributed by atoms with Crippen LogP contribution in [-0.2, 0) is 10.0 Å². The van der Waals surface area contributed by atoms with Gasteiger partial charge in [0.1, 0.15) is 0 Å². The summed E-state index contributed by atoms with van der Waals surface area (Å²) in [7, 11) is -3.45. The molecular weight excluding hydrogens is 310 g/mol. The van der Waals surface area contributed by atoms with E-state index in [1.807, 2.05) is 62.4 Å². The smallest absolute Gasteiger partial charge is 0.212 e. The number of nitrogens with one attached hydrogen (secondary N) is 1. The third-order valence-corrected chi connectivity index (χ3v) is 5.43. The van der Waals surface area contributed by atoms with Crippen LogP contribution in [0.15, 0.2) is 54.6 Å². The number of sulfonamides is 1. The standard InChI is InChI=1S/C18H23NO3S/c1-14-8-6-7-11-17(14)18(20)12-19-23(21,22)13-15(2)16-9-4-3-5-10-16/h3-11,15,18-20H,12-13H2,1-2H3. The van der Waals surface area contributed by atoms with Gasteiger partial charge < -0.3 is 5.11 Å². The number of rotatable bonds is 7. The Balaban J connectivity index is 1.95. The highest BCUT2D eigenvalue weighted by Gasteiger charge is 2.19. The normalized spacial score (nSPS) is 14.4. The van der Waals surface area contributed by atoms with Crippen molar-refractivity contribution in [3.05, 3.63) is 71.3 Å². The molecular formula is C18H23NO3S. The summed E-state index contributed by atoms with van der Waals surface area (Å²) in [6.45, 7) is 3.76. The van der Waals surface area contributed by atoms with Crippen molar-refractivity contribution in [2.45, 2.75) is 25.9 Å². The van der Waals surface area contributed by atoms with E-state index in [-0.39, 0.29) is 18.2 Å². The topological polar surface area (TPSA) is 66.4 Å². The van der Waals surface area contributed by atoms with Crippen molar-refractivity contribution in [3.63, 3.8) is 0 Å². The van der Waals surface area contributed by atoms with Gasteiger partial charge in [-0.05, 0) is 29.5 Å². The second kappa shape index (κ2) is 7.73. The lowest BCUT2D eigenvalue weighted by Crippen LogP contribution is -2.32. The average Bonchev–Trinajstić information content (AvgIpc) is 2.53. The predicted octanol–water partition coefficient (Wildman–Crippen LogP) is 2.75. The quantitative estimate of drug-likeness (QED) is 0.819. The third-order valence-electron chi connectivity index (χ3n) is 3.88. The van der Waals surface area contributed by atoms with E-state index in [1.165, 1.54) is 0 Å². The largest absolute Gasteiger partial charge is 0.387 e. The van der Waals surface area contributed by atoms with Crippen LogP contribution in [0.5, 0.6) is 0 Å². The fraction of sp³-hybridized carbons (Fsp3) is 0.333. The van der Waals surface area contributed by atoms with Crippen LogP contribution < -0.4 is 4.72 Å². The van der Waals surface area contributed by atoms with Gasteiger partial charge in [-0.3, -0.25) is 0 Å². The average molecular weight is 333 g/mol. The molecule has 0 aliphatic heterocycles. The molecule has 0 bridgehead atoms. The molecule has 2 rings (SSSR count). The van der Waals surface area contributed by atoms with Crippen LogP contribution >= 0.6 is 0 Å². The summed E-state index contributed by atoms with van der Waals surface area (Å²) in [4.78, 5) is 0. The molecule has 0 saturated heterocycles. The Morgan fingerprint density at radius 3 is 2.30 bits per heavy atom. The molecule has 0 fully saturated rings. The van der Waals surface area contributed by atoms with Crippen molar-refractivity contribution in [2.75, 3.05) is 12.3 Å². The SMILES string of the molecule is Cc1ccccc1C(O)CNS(=O)(=O)CC(C)c1ccccc1. The van der Waals surface area contributed by atoms with Gasteiger partial charge >= 0.3 is 0 Å². The highest BCUT2D eigenvalue weighted by Crippen LogP contribution is 2.18. The van der Waals surface area contributed by atoms with Crippen LogP contribution in [0.1, 0.15) is 35.6 Å². The second-order valence-electron chi connectivity index (χ2n) is 5.81. The maximum Gasteiger partial charge on any atom is 0.212 e. The molecule has 0 saturated carbocycles. The van der Waals surface area contributed by atoms with Crippen molar-refractivity contribution < 1.29 is 13.5 Å². The van der Waals surface area contributed by atoms with Gasteiger partial charge in [-0.1, -0.05) is 61.5 Å². The van der Waals surface area contributed by atoms with Gasteiger partial charge in [-0.25, -0.2) is 13.1 Å². The summed E-state index contributed by atoms with van der Waals surface area (Å²) in [6.07, 6.45) is -0.849. The summed E-state index contributed by atoms with van der Waals surface area (Å²) in [6, 6.07) is 17.0. The number of benzene rings is 2. The Morgan fingerprint density at radius 1 is 1.04 bits per heavy atom. The van der Waals surface area contributed by atoms with E-state index < -0.39 is 16.1 Å². The lowest BCUT2D eigenvalue weighted by molar-refractivity contribution is 0.181. The molecule has 23 heavy (non-hydrogen) atoms. The molecule has 0 aromatic heterocycles. The van der Waals surface area contributed by atoms with Crippen LogP contribution in [0.2, 0.25) is 0 Å². The number of aliphatic hydroxyl groups excluding tert-OH is 1. The fourth-order valence-electron chi connectivity index (χ4n) is 2.54. The Hall–Kier alpha value is -1.69. The number of hydrogen-bond acceptors (Lipinski definition) is 3. The molecule has 4 nitrogen and oxygen atoms in total. The van der Waals surface area contributed by atoms with Crippen LogP contribution in [-0.4, -0.2) is 25.8 Å².